The molecule has 0 fully saturated rings. The molecule has 5 nitrogen and oxygen atoms in total. The SMILES string of the molecule is CCN1CCc2ccc(NC(=O)CCCC(=O)c3ccc(OC)cc3)cc21. The van der Waals surface area contributed by atoms with Crippen LogP contribution in [0, 0.1) is 0 Å². The molecule has 1 N–H and O–H groups in total. The number of carbonyl (C=O) groups excluding carboxylic acids is 2. The fraction of sp³-hybridized carbons (Fsp3) is 0.364. The Bertz CT molecular complexity index is 815. The Morgan fingerprint density at radius 3 is 2.59 bits per heavy atom. The predicted octanol–water partition coefficient (Wildman–Crippen LogP) is 4.07. The molecule has 1 aliphatic rings. The van der Waals surface area contributed by atoms with E-state index in [0.29, 0.717) is 24.8 Å². The predicted molar refractivity (Wildman–Crippen MR) is 108 cm³/mol. The summed E-state index contributed by atoms with van der Waals surface area (Å²) in [5.41, 5.74) is 4.01. The van der Waals surface area contributed by atoms with Crippen molar-refractivity contribution in [2.75, 3.05) is 30.4 Å². The Morgan fingerprint density at radius 1 is 1.11 bits per heavy atom. The fourth-order valence-electron chi connectivity index (χ4n) is 3.41. The lowest BCUT2D eigenvalue weighted by Crippen LogP contribution is -2.19. The van der Waals surface area contributed by atoms with Crippen molar-refractivity contribution in [1.82, 2.24) is 0 Å². The second-order valence-corrected chi connectivity index (χ2v) is 6.73. The first-order valence-corrected chi connectivity index (χ1v) is 9.45. The number of ketones is 1. The lowest BCUT2D eigenvalue weighted by molar-refractivity contribution is -0.116. The van der Waals surface area contributed by atoms with E-state index in [9.17, 15) is 9.59 Å². The molecule has 0 bridgehead atoms. The maximum atomic E-state index is 12.2. The summed E-state index contributed by atoms with van der Waals surface area (Å²) >= 11 is 0. The molecule has 0 aromatic heterocycles. The molecule has 2 aromatic rings. The van der Waals surface area contributed by atoms with E-state index in [1.54, 1.807) is 31.4 Å². The number of ether oxygens (including phenoxy) is 1. The zero-order valence-electron chi connectivity index (χ0n) is 16.0. The minimum atomic E-state index is -0.0569. The number of benzene rings is 2. The molecule has 0 aliphatic carbocycles. The molecule has 0 saturated carbocycles. The van der Waals surface area contributed by atoms with Crippen LogP contribution in [0.15, 0.2) is 42.5 Å². The highest BCUT2D eigenvalue weighted by Crippen LogP contribution is 2.30. The van der Waals surface area contributed by atoms with Crippen LogP contribution in [-0.4, -0.2) is 31.9 Å². The summed E-state index contributed by atoms with van der Waals surface area (Å²) in [5, 5.41) is 2.95. The lowest BCUT2D eigenvalue weighted by Gasteiger charge is -2.17. The fourth-order valence-corrected chi connectivity index (χ4v) is 3.41. The lowest BCUT2D eigenvalue weighted by atomic mass is 10.1. The van der Waals surface area contributed by atoms with E-state index in [4.69, 9.17) is 4.74 Å². The van der Waals surface area contributed by atoms with Crippen LogP contribution in [0.4, 0.5) is 11.4 Å². The van der Waals surface area contributed by atoms with Gasteiger partial charge in [-0.05, 0) is 61.7 Å². The van der Waals surface area contributed by atoms with Crippen molar-refractivity contribution in [2.24, 2.45) is 0 Å². The number of nitrogens with zero attached hydrogens (tertiary/aromatic N) is 1. The Balaban J connectivity index is 1.48. The Morgan fingerprint density at radius 2 is 1.89 bits per heavy atom. The van der Waals surface area contributed by atoms with Crippen LogP contribution in [-0.2, 0) is 11.2 Å². The van der Waals surface area contributed by atoms with Crippen LogP contribution < -0.4 is 15.0 Å². The number of likely N-dealkylation sites (N-methyl/N-ethyl adjacent to an activating group) is 1. The Kier molecular flexibility index (Phi) is 6.12. The highest BCUT2D eigenvalue weighted by Gasteiger charge is 2.18. The number of carbonyl (C=O) groups is 2. The van der Waals surface area contributed by atoms with Crippen molar-refractivity contribution in [1.29, 1.82) is 0 Å². The van der Waals surface area contributed by atoms with Crippen LogP contribution in [0.25, 0.3) is 0 Å². The molecule has 0 unspecified atom stereocenters. The molecule has 5 heteroatoms. The summed E-state index contributed by atoms with van der Waals surface area (Å²) in [6.07, 6.45) is 2.28. The molecule has 27 heavy (non-hydrogen) atoms. The van der Waals surface area contributed by atoms with Gasteiger partial charge in [0, 0.05) is 42.9 Å². The average Bonchev–Trinajstić information content (AvgIpc) is 3.10. The van der Waals surface area contributed by atoms with Crippen LogP contribution in [0.5, 0.6) is 5.75 Å². The summed E-state index contributed by atoms with van der Waals surface area (Å²) in [7, 11) is 1.59. The van der Waals surface area contributed by atoms with Crippen molar-refractivity contribution in [3.05, 3.63) is 53.6 Å². The first-order valence-electron chi connectivity index (χ1n) is 9.45. The molecule has 1 heterocycles. The first kappa shape index (κ1) is 19.0. The van der Waals surface area contributed by atoms with Gasteiger partial charge in [0.2, 0.25) is 5.91 Å². The van der Waals surface area contributed by atoms with E-state index in [0.717, 1.165) is 30.9 Å². The quantitative estimate of drug-likeness (QED) is 0.716. The van der Waals surface area contributed by atoms with Crippen molar-refractivity contribution >= 4 is 23.1 Å². The monoisotopic (exact) mass is 366 g/mol. The standard InChI is InChI=1S/C22H26N2O3/c1-3-24-14-13-16-7-10-18(15-20(16)24)23-22(26)6-4-5-21(25)17-8-11-19(27-2)12-9-17/h7-12,15H,3-6,13-14H2,1-2H3,(H,23,26). The third-order valence-electron chi connectivity index (χ3n) is 4.96. The summed E-state index contributed by atoms with van der Waals surface area (Å²) in [4.78, 5) is 26.7. The molecule has 0 radical (unpaired) electrons. The summed E-state index contributed by atoms with van der Waals surface area (Å²) in [6, 6.07) is 13.1. The van der Waals surface area contributed by atoms with Crippen LogP contribution in [0.3, 0.4) is 0 Å². The van der Waals surface area contributed by atoms with E-state index in [2.05, 4.69) is 23.2 Å². The number of fused-ring (bicyclic) bond motifs is 1. The zero-order chi connectivity index (χ0) is 19.2. The number of methoxy groups -OCH3 is 1. The van der Waals surface area contributed by atoms with E-state index in [-0.39, 0.29) is 11.7 Å². The zero-order valence-corrected chi connectivity index (χ0v) is 16.0. The summed E-state index contributed by atoms with van der Waals surface area (Å²) < 4.78 is 5.09. The molecule has 0 atom stereocenters. The minimum absolute atomic E-state index is 0.0431. The second-order valence-electron chi connectivity index (χ2n) is 6.73. The number of nitrogens with one attached hydrogen (secondary N) is 1. The summed E-state index contributed by atoms with van der Waals surface area (Å²) in [6.45, 7) is 4.15. The number of hydrogen-bond donors (Lipinski definition) is 1. The van der Waals surface area contributed by atoms with Crippen molar-refractivity contribution < 1.29 is 14.3 Å². The maximum absolute atomic E-state index is 12.2. The van der Waals surface area contributed by atoms with Crippen molar-refractivity contribution in [2.45, 2.75) is 32.6 Å². The first-order chi connectivity index (χ1) is 13.1. The molecule has 2 aromatic carbocycles. The van der Waals surface area contributed by atoms with Gasteiger partial charge in [-0.1, -0.05) is 6.07 Å². The van der Waals surface area contributed by atoms with Gasteiger partial charge >= 0.3 is 0 Å². The highest BCUT2D eigenvalue weighted by molar-refractivity contribution is 5.97. The van der Waals surface area contributed by atoms with Crippen LogP contribution >= 0.6 is 0 Å². The van der Waals surface area contributed by atoms with Gasteiger partial charge in [-0.25, -0.2) is 0 Å². The Labute approximate surface area is 160 Å². The summed E-state index contributed by atoms with van der Waals surface area (Å²) in [5.74, 6) is 0.710. The Hall–Kier alpha value is -2.82. The largest absolute Gasteiger partial charge is 0.497 e. The third-order valence-corrected chi connectivity index (χ3v) is 4.96. The smallest absolute Gasteiger partial charge is 0.224 e. The van der Waals surface area contributed by atoms with Gasteiger partial charge in [0.25, 0.3) is 0 Å². The van der Waals surface area contributed by atoms with Crippen molar-refractivity contribution in [3.63, 3.8) is 0 Å². The number of amides is 1. The maximum Gasteiger partial charge on any atom is 0.224 e. The van der Waals surface area contributed by atoms with E-state index < -0.39 is 0 Å². The van der Waals surface area contributed by atoms with Crippen molar-refractivity contribution in [3.8, 4) is 5.75 Å². The molecule has 142 valence electrons. The number of Topliss-reactive ketones (excluding diaryl/α,β-unsaturated/α-hetero) is 1. The van der Waals surface area contributed by atoms with Gasteiger partial charge in [-0.15, -0.1) is 0 Å². The van der Waals surface area contributed by atoms with Gasteiger partial charge in [0.1, 0.15) is 5.75 Å². The minimum Gasteiger partial charge on any atom is -0.497 e. The molecule has 0 spiro atoms. The molecule has 0 saturated heterocycles. The van der Waals surface area contributed by atoms with E-state index in [1.165, 1.54) is 11.3 Å². The van der Waals surface area contributed by atoms with Gasteiger partial charge in [0.05, 0.1) is 7.11 Å². The number of rotatable bonds is 8. The highest BCUT2D eigenvalue weighted by atomic mass is 16.5. The third kappa shape index (κ3) is 4.67. The van der Waals surface area contributed by atoms with Gasteiger partial charge < -0.3 is 15.0 Å². The second kappa shape index (κ2) is 8.71. The van der Waals surface area contributed by atoms with Gasteiger partial charge in [0.15, 0.2) is 5.78 Å². The average molecular weight is 366 g/mol. The number of hydrogen-bond acceptors (Lipinski definition) is 4. The molecule has 1 aliphatic heterocycles. The van der Waals surface area contributed by atoms with E-state index >= 15 is 0 Å². The van der Waals surface area contributed by atoms with Gasteiger partial charge in [-0.3, -0.25) is 9.59 Å². The number of anilines is 2. The van der Waals surface area contributed by atoms with Gasteiger partial charge in [-0.2, -0.15) is 0 Å². The normalized spacial score (nSPS) is 12.6. The topological polar surface area (TPSA) is 58.6 Å². The van der Waals surface area contributed by atoms with Crippen LogP contribution in [0.2, 0.25) is 0 Å². The molecular formula is C22H26N2O3. The molecule has 1 amide bonds. The molecule has 3 rings (SSSR count). The van der Waals surface area contributed by atoms with Crippen LogP contribution in [0.1, 0.15) is 42.1 Å². The molecular weight excluding hydrogens is 340 g/mol. The van der Waals surface area contributed by atoms with E-state index in [1.807, 2.05) is 12.1 Å².